The third-order valence-electron chi connectivity index (χ3n) is 3.14. The minimum atomic E-state index is -3.80. The molecule has 0 fully saturated rings. The van der Waals surface area contributed by atoms with Gasteiger partial charge in [-0.3, -0.25) is 4.79 Å². The van der Waals surface area contributed by atoms with E-state index in [1.807, 2.05) is 13.8 Å². The van der Waals surface area contributed by atoms with Gasteiger partial charge in [-0.15, -0.1) is 0 Å². The SMILES string of the molecule is CCOCCCC(=O)Nc1cc(S(N)(=O)=O)cc(C)c1C. The largest absolute Gasteiger partial charge is 0.382 e. The highest BCUT2D eigenvalue weighted by atomic mass is 32.2. The third kappa shape index (κ3) is 5.45. The van der Waals surface area contributed by atoms with Crippen LogP contribution in [0.2, 0.25) is 0 Å². The summed E-state index contributed by atoms with van der Waals surface area (Å²) in [5, 5.41) is 7.86. The van der Waals surface area contributed by atoms with Crippen molar-refractivity contribution in [3.8, 4) is 0 Å². The first kappa shape index (κ1) is 17.6. The molecule has 0 radical (unpaired) electrons. The number of ether oxygens (including phenoxy) is 1. The zero-order valence-corrected chi connectivity index (χ0v) is 13.4. The first-order chi connectivity index (χ1) is 9.75. The lowest BCUT2D eigenvalue weighted by Crippen LogP contribution is -2.16. The minimum Gasteiger partial charge on any atom is -0.382 e. The van der Waals surface area contributed by atoms with Gasteiger partial charge in [0.25, 0.3) is 0 Å². The number of sulfonamides is 1. The fraction of sp³-hybridized carbons (Fsp3) is 0.500. The van der Waals surface area contributed by atoms with Crippen molar-refractivity contribution in [2.24, 2.45) is 5.14 Å². The monoisotopic (exact) mass is 314 g/mol. The van der Waals surface area contributed by atoms with Crippen LogP contribution >= 0.6 is 0 Å². The highest BCUT2D eigenvalue weighted by molar-refractivity contribution is 7.89. The van der Waals surface area contributed by atoms with Crippen LogP contribution in [0.3, 0.4) is 0 Å². The molecule has 1 rings (SSSR count). The summed E-state index contributed by atoms with van der Waals surface area (Å²) < 4.78 is 28.0. The standard InChI is InChI=1S/C14H22N2O4S/c1-4-20-7-5-6-14(17)16-13-9-12(21(15,18)19)8-10(2)11(13)3/h8-9H,4-7H2,1-3H3,(H,16,17)(H2,15,18,19). The van der Waals surface area contributed by atoms with Gasteiger partial charge in [0.05, 0.1) is 4.90 Å². The molecule has 0 saturated heterocycles. The van der Waals surface area contributed by atoms with E-state index < -0.39 is 10.0 Å². The topological polar surface area (TPSA) is 98.5 Å². The van der Waals surface area contributed by atoms with Crippen LogP contribution in [0.4, 0.5) is 5.69 Å². The molecule has 1 aromatic carbocycles. The summed E-state index contributed by atoms with van der Waals surface area (Å²) in [5.74, 6) is -0.177. The van der Waals surface area contributed by atoms with Gasteiger partial charge < -0.3 is 10.1 Å². The normalized spacial score (nSPS) is 11.4. The summed E-state index contributed by atoms with van der Waals surface area (Å²) in [6.07, 6.45) is 0.935. The number of carbonyl (C=O) groups excluding carboxylic acids is 1. The predicted octanol–water partition coefficient (Wildman–Crippen LogP) is 1.71. The second-order valence-corrected chi connectivity index (χ2v) is 6.37. The molecule has 0 aliphatic heterocycles. The Hall–Kier alpha value is -1.44. The van der Waals surface area contributed by atoms with Crippen molar-refractivity contribution < 1.29 is 17.9 Å². The number of carbonyl (C=O) groups is 1. The molecule has 0 aromatic heterocycles. The first-order valence-corrected chi connectivity index (χ1v) is 8.32. The third-order valence-corrected chi connectivity index (χ3v) is 4.03. The molecule has 0 saturated carbocycles. The van der Waals surface area contributed by atoms with Gasteiger partial charge in [-0.1, -0.05) is 0 Å². The van der Waals surface area contributed by atoms with E-state index >= 15 is 0 Å². The average molecular weight is 314 g/mol. The summed E-state index contributed by atoms with van der Waals surface area (Å²) in [6.45, 7) is 6.63. The Morgan fingerprint density at radius 3 is 2.57 bits per heavy atom. The highest BCUT2D eigenvalue weighted by Crippen LogP contribution is 2.23. The van der Waals surface area contributed by atoms with Crippen LogP contribution in [0.15, 0.2) is 17.0 Å². The van der Waals surface area contributed by atoms with E-state index in [1.54, 1.807) is 6.92 Å². The fourth-order valence-electron chi connectivity index (χ4n) is 1.81. The second-order valence-electron chi connectivity index (χ2n) is 4.81. The van der Waals surface area contributed by atoms with Crippen molar-refractivity contribution in [1.82, 2.24) is 0 Å². The fourth-order valence-corrected chi connectivity index (χ4v) is 2.44. The van der Waals surface area contributed by atoms with Gasteiger partial charge >= 0.3 is 0 Å². The van der Waals surface area contributed by atoms with Gasteiger partial charge in [0, 0.05) is 25.3 Å². The van der Waals surface area contributed by atoms with Gasteiger partial charge in [-0.2, -0.15) is 0 Å². The zero-order valence-electron chi connectivity index (χ0n) is 12.6. The van der Waals surface area contributed by atoms with Crippen LogP contribution in [0.25, 0.3) is 0 Å². The molecule has 118 valence electrons. The maximum absolute atomic E-state index is 11.9. The highest BCUT2D eigenvalue weighted by Gasteiger charge is 2.14. The number of primary sulfonamides is 1. The quantitative estimate of drug-likeness (QED) is 0.748. The van der Waals surface area contributed by atoms with Gasteiger partial charge in [0.1, 0.15) is 0 Å². The molecule has 21 heavy (non-hydrogen) atoms. The van der Waals surface area contributed by atoms with E-state index in [2.05, 4.69) is 5.32 Å². The van der Waals surface area contributed by atoms with Crippen molar-refractivity contribution in [1.29, 1.82) is 0 Å². The molecule has 0 atom stereocenters. The lowest BCUT2D eigenvalue weighted by Gasteiger charge is -2.12. The number of rotatable bonds is 7. The number of nitrogens with one attached hydrogen (secondary N) is 1. The van der Waals surface area contributed by atoms with E-state index in [1.165, 1.54) is 12.1 Å². The maximum Gasteiger partial charge on any atom is 0.238 e. The van der Waals surface area contributed by atoms with E-state index in [4.69, 9.17) is 9.88 Å². The molecule has 0 unspecified atom stereocenters. The lowest BCUT2D eigenvalue weighted by atomic mass is 10.1. The number of benzene rings is 1. The van der Waals surface area contributed by atoms with Crippen molar-refractivity contribution in [2.75, 3.05) is 18.5 Å². The summed E-state index contributed by atoms with van der Waals surface area (Å²) in [4.78, 5) is 11.8. The lowest BCUT2D eigenvalue weighted by molar-refractivity contribution is -0.116. The molecule has 0 bridgehead atoms. The molecule has 0 heterocycles. The molecule has 1 amide bonds. The Morgan fingerprint density at radius 2 is 2.00 bits per heavy atom. The summed E-state index contributed by atoms with van der Waals surface area (Å²) in [6, 6.07) is 2.88. The maximum atomic E-state index is 11.9. The van der Waals surface area contributed by atoms with E-state index in [0.29, 0.717) is 31.7 Å². The first-order valence-electron chi connectivity index (χ1n) is 6.77. The predicted molar refractivity (Wildman–Crippen MR) is 81.6 cm³/mol. The average Bonchev–Trinajstić information content (AvgIpc) is 2.38. The van der Waals surface area contributed by atoms with E-state index in [9.17, 15) is 13.2 Å². The summed E-state index contributed by atoms with van der Waals surface area (Å²) in [7, 11) is -3.80. The molecule has 1 aromatic rings. The number of anilines is 1. The number of aryl methyl sites for hydroxylation is 1. The van der Waals surface area contributed by atoms with Crippen LogP contribution in [0.1, 0.15) is 30.9 Å². The van der Waals surface area contributed by atoms with Gasteiger partial charge in [-0.25, -0.2) is 13.6 Å². The molecule has 0 spiro atoms. The van der Waals surface area contributed by atoms with Crippen LogP contribution < -0.4 is 10.5 Å². The summed E-state index contributed by atoms with van der Waals surface area (Å²) in [5.41, 5.74) is 2.05. The van der Waals surface area contributed by atoms with Gasteiger partial charge in [-0.05, 0) is 50.5 Å². The van der Waals surface area contributed by atoms with Crippen LogP contribution in [-0.4, -0.2) is 27.5 Å². The second kappa shape index (κ2) is 7.53. The van der Waals surface area contributed by atoms with Gasteiger partial charge in [0.2, 0.25) is 15.9 Å². The summed E-state index contributed by atoms with van der Waals surface area (Å²) >= 11 is 0. The molecule has 0 aliphatic carbocycles. The Bertz CT molecular complexity index is 612. The minimum absolute atomic E-state index is 0.00443. The smallest absolute Gasteiger partial charge is 0.238 e. The molecule has 7 heteroatoms. The Kier molecular flexibility index (Phi) is 6.32. The van der Waals surface area contributed by atoms with Crippen molar-refractivity contribution in [3.05, 3.63) is 23.3 Å². The molecule has 3 N–H and O–H groups in total. The molecule has 0 aliphatic rings. The zero-order chi connectivity index (χ0) is 16.0. The molecular formula is C14H22N2O4S. The number of amides is 1. The van der Waals surface area contributed by atoms with Crippen LogP contribution in [0, 0.1) is 13.8 Å². The number of nitrogens with two attached hydrogens (primary N) is 1. The molecule has 6 nitrogen and oxygen atoms in total. The Labute approximate surface area is 125 Å². The van der Waals surface area contributed by atoms with Crippen molar-refractivity contribution >= 4 is 21.6 Å². The molecular weight excluding hydrogens is 292 g/mol. The van der Waals surface area contributed by atoms with E-state index in [0.717, 1.165) is 11.1 Å². The van der Waals surface area contributed by atoms with Crippen molar-refractivity contribution in [3.63, 3.8) is 0 Å². The van der Waals surface area contributed by atoms with E-state index in [-0.39, 0.29) is 10.8 Å². The number of hydrogen-bond acceptors (Lipinski definition) is 4. The number of hydrogen-bond donors (Lipinski definition) is 2. The van der Waals surface area contributed by atoms with Crippen molar-refractivity contribution in [2.45, 2.75) is 38.5 Å². The van der Waals surface area contributed by atoms with Crippen LogP contribution in [0.5, 0.6) is 0 Å². The Morgan fingerprint density at radius 1 is 1.33 bits per heavy atom. The van der Waals surface area contributed by atoms with Gasteiger partial charge in [0.15, 0.2) is 0 Å². The Balaban J connectivity index is 2.83. The van der Waals surface area contributed by atoms with Crippen LogP contribution in [-0.2, 0) is 19.6 Å².